The molecule has 124 valence electrons. The molecule has 0 aliphatic carbocycles. The van der Waals surface area contributed by atoms with Crippen LogP contribution in [0, 0.1) is 0 Å². The van der Waals surface area contributed by atoms with Crippen LogP contribution in [0.1, 0.15) is 38.8 Å². The first kappa shape index (κ1) is 17.8. The number of hydrogen-bond acceptors (Lipinski definition) is 4. The van der Waals surface area contributed by atoms with Crippen LogP contribution < -0.4 is 0 Å². The molecule has 0 bridgehead atoms. The van der Waals surface area contributed by atoms with Crippen molar-refractivity contribution in [1.82, 2.24) is 0 Å². The Kier molecular flexibility index (Phi) is 5.08. The van der Waals surface area contributed by atoms with Gasteiger partial charge >= 0.3 is 139 Å². The molecule has 4 nitrogen and oxygen atoms in total. The molecule has 0 aliphatic rings. The van der Waals surface area contributed by atoms with Gasteiger partial charge in [0.15, 0.2) is 0 Å². The van der Waals surface area contributed by atoms with Crippen LogP contribution in [0.15, 0.2) is 60.7 Å². The van der Waals surface area contributed by atoms with Crippen molar-refractivity contribution >= 4 is 0 Å². The zero-order valence-electron chi connectivity index (χ0n) is 13.8. The van der Waals surface area contributed by atoms with Crippen molar-refractivity contribution in [2.75, 3.05) is 0 Å². The number of hydrogen-bond donors (Lipinski definition) is 0. The molecule has 5 heteroatoms. The Hall–Kier alpha value is -1.51. The van der Waals surface area contributed by atoms with Crippen molar-refractivity contribution < 1.29 is 28.8 Å². The van der Waals surface area contributed by atoms with Gasteiger partial charge < -0.3 is 0 Å². The van der Waals surface area contributed by atoms with Crippen molar-refractivity contribution in [2.24, 2.45) is 0 Å². The van der Waals surface area contributed by atoms with Crippen LogP contribution in [0.25, 0.3) is 0 Å². The molecule has 2 aromatic carbocycles. The first-order chi connectivity index (χ1) is 10.6. The van der Waals surface area contributed by atoms with E-state index in [4.69, 9.17) is 7.58 Å². The molecule has 0 N–H and O–H groups in total. The Bertz CT molecular complexity index is 676. The summed E-state index contributed by atoms with van der Waals surface area (Å²) in [5.74, 6) is 0. The molecule has 0 saturated heterocycles. The third-order valence-corrected chi connectivity index (χ3v) is 5.50. The maximum absolute atomic E-state index is 12.4. The third kappa shape index (κ3) is 4.73. The molecule has 0 saturated carbocycles. The standard InChI is InChI=1S/2C9H11O.Cr.2O/c2*1-9(2,10)8-6-4-3-5-7-8;;;/h2*3-7H,1-2H3;;;/q2*-1;+2;;. The first-order valence-electron chi connectivity index (χ1n) is 7.40. The van der Waals surface area contributed by atoms with Gasteiger partial charge in [0.05, 0.1) is 0 Å². The summed E-state index contributed by atoms with van der Waals surface area (Å²) < 4.78 is 35.7. The molecule has 0 heterocycles. The molecule has 0 aliphatic heterocycles. The van der Waals surface area contributed by atoms with E-state index in [1.807, 2.05) is 60.7 Å². The van der Waals surface area contributed by atoms with E-state index in [2.05, 4.69) is 0 Å². The molecule has 0 aromatic heterocycles. The SMILES string of the molecule is CC(C)([O][Cr](=[O])(=[O])[O]C(C)(C)c1ccccc1)c1ccccc1. The topological polar surface area (TPSA) is 52.6 Å². The van der Waals surface area contributed by atoms with Gasteiger partial charge in [0, 0.05) is 0 Å². The van der Waals surface area contributed by atoms with Crippen LogP contribution in [-0.4, -0.2) is 0 Å². The van der Waals surface area contributed by atoms with E-state index in [0.29, 0.717) is 0 Å². The normalized spacial score (nSPS) is 13.0. The van der Waals surface area contributed by atoms with E-state index in [9.17, 15) is 7.61 Å². The van der Waals surface area contributed by atoms with Crippen molar-refractivity contribution in [3.63, 3.8) is 0 Å². The van der Waals surface area contributed by atoms with Crippen molar-refractivity contribution in [3.8, 4) is 0 Å². The van der Waals surface area contributed by atoms with Gasteiger partial charge in [0.1, 0.15) is 0 Å². The summed E-state index contributed by atoms with van der Waals surface area (Å²) in [7, 11) is 0. The van der Waals surface area contributed by atoms with Gasteiger partial charge in [-0.05, 0) is 0 Å². The predicted octanol–water partition coefficient (Wildman–Crippen LogP) is 4.57. The average molecular weight is 354 g/mol. The van der Waals surface area contributed by atoms with Crippen molar-refractivity contribution in [3.05, 3.63) is 71.8 Å². The fourth-order valence-electron chi connectivity index (χ4n) is 2.30. The molecule has 0 radical (unpaired) electrons. The molecule has 2 rings (SSSR count). The van der Waals surface area contributed by atoms with Crippen LogP contribution >= 0.6 is 0 Å². The van der Waals surface area contributed by atoms with Crippen molar-refractivity contribution in [2.45, 2.75) is 38.9 Å². The van der Waals surface area contributed by atoms with Gasteiger partial charge in [-0.3, -0.25) is 0 Å². The summed E-state index contributed by atoms with van der Waals surface area (Å²) in [4.78, 5) is 0. The Morgan fingerprint density at radius 2 is 0.957 bits per heavy atom. The van der Waals surface area contributed by atoms with Gasteiger partial charge in [0.2, 0.25) is 0 Å². The molecule has 2 aromatic rings. The Morgan fingerprint density at radius 3 is 1.26 bits per heavy atom. The minimum atomic E-state index is -5.04. The fourth-order valence-corrected chi connectivity index (χ4v) is 4.25. The van der Waals surface area contributed by atoms with E-state index in [1.54, 1.807) is 27.7 Å². The Labute approximate surface area is 139 Å². The summed E-state index contributed by atoms with van der Waals surface area (Å²) in [5.41, 5.74) is -0.432. The molecule has 0 atom stereocenters. The molecule has 0 spiro atoms. The minimum absolute atomic E-state index is 0.773. The summed E-state index contributed by atoms with van der Waals surface area (Å²) in [6.45, 7) is 6.85. The van der Waals surface area contributed by atoms with E-state index < -0.39 is 24.8 Å². The summed E-state index contributed by atoms with van der Waals surface area (Å²) in [6, 6.07) is 18.4. The maximum atomic E-state index is 12.4. The first-order valence-corrected chi connectivity index (χ1v) is 9.48. The third-order valence-electron chi connectivity index (χ3n) is 3.56. The molecular formula is C18H22CrO4. The second-order valence-corrected chi connectivity index (χ2v) is 8.12. The predicted molar refractivity (Wildman–Crippen MR) is 82.5 cm³/mol. The van der Waals surface area contributed by atoms with Gasteiger partial charge in [-0.1, -0.05) is 0 Å². The van der Waals surface area contributed by atoms with Gasteiger partial charge in [-0.15, -0.1) is 0 Å². The molecular weight excluding hydrogens is 332 g/mol. The number of rotatable bonds is 6. The second kappa shape index (κ2) is 6.54. The van der Waals surface area contributed by atoms with Gasteiger partial charge in [-0.2, -0.15) is 0 Å². The number of benzene rings is 2. The van der Waals surface area contributed by atoms with E-state index in [1.165, 1.54) is 0 Å². The second-order valence-electron chi connectivity index (χ2n) is 6.33. The monoisotopic (exact) mass is 354 g/mol. The Balaban J connectivity index is 2.19. The quantitative estimate of drug-likeness (QED) is 0.763. The van der Waals surface area contributed by atoms with Gasteiger partial charge in [-0.25, -0.2) is 0 Å². The molecule has 0 amide bonds. The Morgan fingerprint density at radius 1 is 0.652 bits per heavy atom. The molecule has 23 heavy (non-hydrogen) atoms. The van der Waals surface area contributed by atoms with Crippen LogP contribution in [0.5, 0.6) is 0 Å². The summed E-state index contributed by atoms with van der Waals surface area (Å²) >= 11 is -5.04. The average Bonchev–Trinajstić information content (AvgIpc) is 2.47. The van der Waals surface area contributed by atoms with E-state index >= 15 is 0 Å². The van der Waals surface area contributed by atoms with Crippen LogP contribution in [0.4, 0.5) is 0 Å². The fraction of sp³-hybridized carbons (Fsp3) is 0.333. The van der Waals surface area contributed by atoms with Crippen molar-refractivity contribution in [1.29, 1.82) is 0 Å². The van der Waals surface area contributed by atoms with E-state index in [-0.39, 0.29) is 0 Å². The summed E-state index contributed by atoms with van der Waals surface area (Å²) in [6.07, 6.45) is 0. The van der Waals surface area contributed by atoms with Crippen LogP contribution in [-0.2, 0) is 40.0 Å². The van der Waals surface area contributed by atoms with Crippen LogP contribution in [0.2, 0.25) is 0 Å². The zero-order valence-corrected chi connectivity index (χ0v) is 15.1. The summed E-state index contributed by atoms with van der Waals surface area (Å²) in [5, 5.41) is 0. The molecule has 0 fully saturated rings. The van der Waals surface area contributed by atoms with Gasteiger partial charge in [0.25, 0.3) is 0 Å². The molecule has 0 unspecified atom stereocenters. The van der Waals surface area contributed by atoms with Crippen LogP contribution in [0.3, 0.4) is 0 Å². The zero-order chi connectivity index (χ0) is 17.1. The van der Waals surface area contributed by atoms with E-state index in [0.717, 1.165) is 11.1 Å².